The molecule has 1 aliphatic heterocycles. The molecule has 0 saturated carbocycles. The minimum absolute atomic E-state index is 0.563. The Morgan fingerprint density at radius 2 is 1.82 bits per heavy atom. The Kier molecular flexibility index (Phi) is 6.95. The first-order chi connectivity index (χ1) is 10.7. The molecule has 0 amide bonds. The zero-order chi connectivity index (χ0) is 15.9. The summed E-state index contributed by atoms with van der Waals surface area (Å²) >= 11 is 3.49. The van der Waals surface area contributed by atoms with Gasteiger partial charge >= 0.3 is 0 Å². The van der Waals surface area contributed by atoms with Gasteiger partial charge in [-0.25, -0.2) is 0 Å². The number of hydrogen-bond donors (Lipinski definition) is 2. The normalized spacial score (nSPS) is 17.3. The Bertz CT molecular complexity index is 479. The summed E-state index contributed by atoms with van der Waals surface area (Å²) in [6.45, 7) is 9.48. The van der Waals surface area contributed by atoms with Crippen molar-refractivity contribution in [2.45, 2.75) is 20.0 Å². The van der Waals surface area contributed by atoms with Crippen LogP contribution in [0.3, 0.4) is 0 Å². The zero-order valence-corrected chi connectivity index (χ0v) is 14.9. The average molecular weight is 373 g/mol. The van der Waals surface area contributed by atoms with E-state index in [4.69, 9.17) is 9.47 Å². The number of benzene rings is 1. The second kappa shape index (κ2) is 8.72. The lowest BCUT2D eigenvalue weighted by molar-refractivity contribution is 0.102. The minimum Gasteiger partial charge on any atom is -0.493 e. The van der Waals surface area contributed by atoms with Crippen LogP contribution in [0.1, 0.15) is 25.5 Å². The number of hydrogen-bond acceptors (Lipinski definition) is 5. The van der Waals surface area contributed by atoms with Crippen molar-refractivity contribution in [1.29, 1.82) is 0 Å². The monoisotopic (exact) mass is 372 g/mol. The van der Waals surface area contributed by atoms with Crippen LogP contribution in [0.25, 0.3) is 0 Å². The zero-order valence-electron chi connectivity index (χ0n) is 13.3. The van der Waals surface area contributed by atoms with Gasteiger partial charge in [-0.15, -0.1) is 0 Å². The van der Waals surface area contributed by atoms with Gasteiger partial charge in [0, 0.05) is 38.3 Å². The Hall–Kier alpha value is -0.820. The van der Waals surface area contributed by atoms with Crippen LogP contribution < -0.4 is 14.8 Å². The molecule has 0 radical (unpaired) electrons. The predicted octanol–water partition coefficient (Wildman–Crippen LogP) is 2.19. The van der Waals surface area contributed by atoms with Gasteiger partial charge < -0.3 is 19.9 Å². The first-order valence-corrected chi connectivity index (χ1v) is 8.65. The van der Waals surface area contributed by atoms with Gasteiger partial charge in [0.05, 0.1) is 23.8 Å². The number of aliphatic hydroxyl groups is 1. The number of nitrogens with zero attached hydrogens (tertiary/aromatic N) is 1. The number of nitrogens with one attached hydrogen (secondary N) is 1. The van der Waals surface area contributed by atoms with Crippen molar-refractivity contribution in [1.82, 2.24) is 10.2 Å². The summed E-state index contributed by atoms with van der Waals surface area (Å²) in [6, 6.07) is 3.76. The number of piperazine rings is 1. The Morgan fingerprint density at radius 3 is 2.45 bits per heavy atom. The van der Waals surface area contributed by atoms with Crippen LogP contribution in [0.15, 0.2) is 16.6 Å². The molecule has 0 spiro atoms. The topological polar surface area (TPSA) is 54.0 Å². The Morgan fingerprint density at radius 1 is 1.18 bits per heavy atom. The molecular weight excluding hydrogens is 348 g/mol. The Balaban J connectivity index is 2.19. The van der Waals surface area contributed by atoms with Crippen molar-refractivity contribution in [3.05, 3.63) is 22.2 Å². The van der Waals surface area contributed by atoms with Gasteiger partial charge in [0.1, 0.15) is 11.5 Å². The first kappa shape index (κ1) is 17.5. The van der Waals surface area contributed by atoms with Gasteiger partial charge in [-0.3, -0.25) is 4.90 Å². The van der Waals surface area contributed by atoms with E-state index in [0.717, 1.165) is 42.0 Å². The molecule has 2 rings (SSSR count). The molecule has 1 unspecified atom stereocenters. The highest BCUT2D eigenvalue weighted by atomic mass is 79.9. The summed E-state index contributed by atoms with van der Waals surface area (Å²) in [5.74, 6) is 1.45. The third kappa shape index (κ3) is 4.59. The molecule has 0 aliphatic carbocycles. The van der Waals surface area contributed by atoms with E-state index in [-0.39, 0.29) is 0 Å². The molecule has 0 aromatic heterocycles. The molecule has 1 fully saturated rings. The van der Waals surface area contributed by atoms with Gasteiger partial charge in [0.25, 0.3) is 0 Å². The molecule has 1 aliphatic rings. The lowest BCUT2D eigenvalue weighted by Gasteiger charge is -2.29. The van der Waals surface area contributed by atoms with Crippen LogP contribution in [-0.2, 0) is 0 Å². The van der Waals surface area contributed by atoms with E-state index in [2.05, 4.69) is 26.1 Å². The van der Waals surface area contributed by atoms with E-state index >= 15 is 0 Å². The van der Waals surface area contributed by atoms with E-state index in [1.54, 1.807) is 0 Å². The predicted molar refractivity (Wildman–Crippen MR) is 90.7 cm³/mol. The van der Waals surface area contributed by atoms with Crippen molar-refractivity contribution < 1.29 is 14.6 Å². The lowest BCUT2D eigenvalue weighted by Crippen LogP contribution is -2.45. The average Bonchev–Trinajstić information content (AvgIpc) is 2.51. The molecule has 1 atom stereocenters. The van der Waals surface area contributed by atoms with Crippen LogP contribution in [0.5, 0.6) is 11.5 Å². The molecule has 1 aromatic rings. The Labute approximate surface area is 140 Å². The molecule has 1 heterocycles. The van der Waals surface area contributed by atoms with Crippen molar-refractivity contribution in [3.8, 4) is 11.5 Å². The first-order valence-electron chi connectivity index (χ1n) is 7.85. The number of halogens is 1. The number of aliphatic hydroxyl groups excluding tert-OH is 1. The van der Waals surface area contributed by atoms with Crippen molar-refractivity contribution in [2.75, 3.05) is 45.9 Å². The van der Waals surface area contributed by atoms with Crippen molar-refractivity contribution in [2.24, 2.45) is 0 Å². The van der Waals surface area contributed by atoms with Crippen LogP contribution in [0, 0.1) is 0 Å². The second-order valence-electron chi connectivity index (χ2n) is 5.25. The highest BCUT2D eigenvalue weighted by molar-refractivity contribution is 9.10. The molecule has 22 heavy (non-hydrogen) atoms. The van der Waals surface area contributed by atoms with E-state index in [0.29, 0.717) is 25.5 Å². The van der Waals surface area contributed by atoms with Crippen molar-refractivity contribution >= 4 is 15.9 Å². The fraction of sp³-hybridized carbons (Fsp3) is 0.625. The molecule has 5 nitrogen and oxygen atoms in total. The highest BCUT2D eigenvalue weighted by Crippen LogP contribution is 2.36. The fourth-order valence-electron chi connectivity index (χ4n) is 2.59. The van der Waals surface area contributed by atoms with Gasteiger partial charge in [0.15, 0.2) is 0 Å². The second-order valence-corrected chi connectivity index (χ2v) is 6.11. The van der Waals surface area contributed by atoms with E-state index in [1.807, 2.05) is 26.0 Å². The van der Waals surface area contributed by atoms with Crippen LogP contribution in [0.4, 0.5) is 0 Å². The van der Waals surface area contributed by atoms with Crippen LogP contribution >= 0.6 is 15.9 Å². The maximum Gasteiger partial charge on any atom is 0.134 e. The van der Waals surface area contributed by atoms with E-state index in [9.17, 15) is 5.11 Å². The van der Waals surface area contributed by atoms with E-state index in [1.165, 1.54) is 0 Å². The van der Waals surface area contributed by atoms with E-state index < -0.39 is 6.10 Å². The lowest BCUT2D eigenvalue weighted by atomic mass is 10.1. The van der Waals surface area contributed by atoms with Gasteiger partial charge in [-0.05, 0) is 41.9 Å². The number of rotatable bonds is 7. The summed E-state index contributed by atoms with van der Waals surface area (Å²) in [7, 11) is 0. The largest absolute Gasteiger partial charge is 0.493 e. The van der Waals surface area contributed by atoms with Gasteiger partial charge in [-0.1, -0.05) is 0 Å². The van der Waals surface area contributed by atoms with Gasteiger partial charge in [0.2, 0.25) is 0 Å². The molecular formula is C16H25BrN2O3. The summed E-state index contributed by atoms with van der Waals surface area (Å²) in [4.78, 5) is 2.26. The molecule has 1 aromatic carbocycles. The summed E-state index contributed by atoms with van der Waals surface area (Å²) < 4.78 is 12.1. The van der Waals surface area contributed by atoms with Gasteiger partial charge in [-0.2, -0.15) is 0 Å². The summed E-state index contributed by atoms with van der Waals surface area (Å²) in [5.41, 5.74) is 0.784. The SMILES string of the molecule is CCOc1cc(C(O)CN2CCNCC2)c(OCC)cc1Br. The summed E-state index contributed by atoms with van der Waals surface area (Å²) in [6.07, 6.45) is -0.591. The highest BCUT2D eigenvalue weighted by Gasteiger charge is 2.21. The summed E-state index contributed by atoms with van der Waals surface area (Å²) in [5, 5.41) is 14.0. The molecule has 2 N–H and O–H groups in total. The molecule has 6 heteroatoms. The quantitative estimate of drug-likeness (QED) is 0.768. The fourth-order valence-corrected chi connectivity index (χ4v) is 3.03. The number of β-amino-alcohol motifs (C(OH)–C–C–N with tert-alkyl or cyclic N) is 1. The smallest absolute Gasteiger partial charge is 0.134 e. The third-order valence-corrected chi connectivity index (χ3v) is 4.28. The maximum atomic E-state index is 10.7. The van der Waals surface area contributed by atoms with Crippen LogP contribution in [-0.4, -0.2) is 55.9 Å². The van der Waals surface area contributed by atoms with Crippen LogP contribution in [0.2, 0.25) is 0 Å². The molecule has 124 valence electrons. The van der Waals surface area contributed by atoms with Crippen molar-refractivity contribution in [3.63, 3.8) is 0 Å². The number of ether oxygens (including phenoxy) is 2. The maximum absolute atomic E-state index is 10.7. The third-order valence-electron chi connectivity index (χ3n) is 3.66. The minimum atomic E-state index is -0.591. The standard InChI is InChI=1S/C16H25BrN2O3/c1-3-21-15-10-13(17)16(22-4-2)9-12(15)14(20)11-19-7-5-18-6-8-19/h9-10,14,18,20H,3-8,11H2,1-2H3. The molecule has 0 bridgehead atoms. The molecule has 1 saturated heterocycles.